The maximum absolute atomic E-state index is 12.8. The summed E-state index contributed by atoms with van der Waals surface area (Å²) in [5.41, 5.74) is 1.52. The van der Waals surface area contributed by atoms with Crippen molar-refractivity contribution in [3.63, 3.8) is 0 Å². The molecule has 38 heavy (non-hydrogen) atoms. The van der Waals surface area contributed by atoms with Gasteiger partial charge in [-0.15, -0.1) is 0 Å². The topological polar surface area (TPSA) is 96.4 Å². The number of fused-ring (bicyclic) bond motifs is 1. The van der Waals surface area contributed by atoms with Crippen LogP contribution < -0.4 is 4.74 Å². The lowest BCUT2D eigenvalue weighted by Gasteiger charge is -2.43. The first-order valence-corrected chi connectivity index (χ1v) is 13.1. The number of likely N-dealkylation sites (tertiary alicyclic amines) is 1. The number of benzene rings is 2. The second-order valence-electron chi connectivity index (χ2n) is 10.7. The van der Waals surface area contributed by atoms with Gasteiger partial charge in [0.1, 0.15) is 17.0 Å². The van der Waals surface area contributed by atoms with Crippen LogP contribution in [0.5, 0.6) is 5.75 Å². The van der Waals surface area contributed by atoms with Crippen molar-refractivity contribution in [1.82, 2.24) is 9.80 Å². The molecule has 1 spiro atoms. The molecule has 0 unspecified atom stereocenters. The number of aromatic carboxylic acids is 1. The van der Waals surface area contributed by atoms with E-state index in [9.17, 15) is 19.5 Å². The van der Waals surface area contributed by atoms with E-state index in [4.69, 9.17) is 9.47 Å². The number of amides is 2. The molecule has 2 amide bonds. The van der Waals surface area contributed by atoms with E-state index in [0.717, 1.165) is 11.1 Å². The molecule has 0 aliphatic carbocycles. The van der Waals surface area contributed by atoms with Gasteiger partial charge < -0.3 is 24.4 Å². The first kappa shape index (κ1) is 27.2. The minimum Gasteiger partial charge on any atom is -0.482 e. The Morgan fingerprint density at radius 2 is 1.66 bits per heavy atom. The summed E-state index contributed by atoms with van der Waals surface area (Å²) in [5, 5.41) is 9.94. The van der Waals surface area contributed by atoms with Crippen LogP contribution in [0, 0.1) is 0 Å². The molecule has 2 heterocycles. The number of rotatable bonds is 5. The van der Waals surface area contributed by atoms with Crippen LogP contribution in [0.4, 0.5) is 4.79 Å². The molecule has 4 rings (SSSR count). The molecule has 0 aromatic heterocycles. The Kier molecular flexibility index (Phi) is 7.54. The minimum absolute atomic E-state index is 0.0416. The third-order valence-electron chi connectivity index (χ3n) is 7.00. The number of piperidine rings is 1. The van der Waals surface area contributed by atoms with E-state index in [0.29, 0.717) is 55.9 Å². The molecule has 0 saturated carbocycles. The number of nitrogens with zero attached hydrogens (tertiary/aromatic N) is 2. The van der Waals surface area contributed by atoms with Gasteiger partial charge in [0.05, 0.1) is 5.56 Å². The van der Waals surface area contributed by atoms with E-state index >= 15 is 0 Å². The first-order chi connectivity index (χ1) is 18.0. The highest BCUT2D eigenvalue weighted by Crippen LogP contribution is 2.45. The van der Waals surface area contributed by atoms with Crippen LogP contribution in [0.1, 0.15) is 79.3 Å². The fourth-order valence-electron chi connectivity index (χ4n) is 5.01. The third-order valence-corrected chi connectivity index (χ3v) is 7.00. The zero-order valence-corrected chi connectivity index (χ0v) is 22.7. The SMILES string of the molecule is CCN(CC)C(=O)c1ccc(C2=CC3(CCN(C(=O)OC(C)(C)C)CC3)Oc3cccc(C(=O)O)c32)cc1. The van der Waals surface area contributed by atoms with Crippen molar-refractivity contribution in [3.8, 4) is 5.75 Å². The Labute approximate surface area is 223 Å². The van der Waals surface area contributed by atoms with Crippen molar-refractivity contribution < 1.29 is 29.0 Å². The summed E-state index contributed by atoms with van der Waals surface area (Å²) in [7, 11) is 0. The van der Waals surface area contributed by atoms with Gasteiger partial charge in [0.2, 0.25) is 0 Å². The Morgan fingerprint density at radius 1 is 1.03 bits per heavy atom. The van der Waals surface area contributed by atoms with Crippen LogP contribution in [-0.4, -0.2) is 70.3 Å². The normalized spacial score (nSPS) is 16.2. The summed E-state index contributed by atoms with van der Waals surface area (Å²) in [4.78, 5) is 41.0. The van der Waals surface area contributed by atoms with Crippen molar-refractivity contribution in [2.75, 3.05) is 26.2 Å². The van der Waals surface area contributed by atoms with Gasteiger partial charge in [-0.05, 0) is 76.1 Å². The van der Waals surface area contributed by atoms with Gasteiger partial charge in [-0.2, -0.15) is 0 Å². The molecule has 2 aromatic carbocycles. The van der Waals surface area contributed by atoms with Gasteiger partial charge in [-0.3, -0.25) is 4.79 Å². The summed E-state index contributed by atoms with van der Waals surface area (Å²) in [6.45, 7) is 11.6. The van der Waals surface area contributed by atoms with E-state index < -0.39 is 17.2 Å². The first-order valence-electron chi connectivity index (χ1n) is 13.1. The van der Waals surface area contributed by atoms with E-state index in [1.54, 1.807) is 40.1 Å². The van der Waals surface area contributed by atoms with Crippen LogP contribution in [0.2, 0.25) is 0 Å². The Morgan fingerprint density at radius 3 is 2.21 bits per heavy atom. The van der Waals surface area contributed by atoms with Crippen molar-refractivity contribution in [2.45, 2.75) is 58.7 Å². The molecule has 202 valence electrons. The largest absolute Gasteiger partial charge is 0.482 e. The predicted molar refractivity (Wildman–Crippen MR) is 145 cm³/mol. The van der Waals surface area contributed by atoms with Crippen molar-refractivity contribution in [2.24, 2.45) is 0 Å². The van der Waals surface area contributed by atoms with Crippen molar-refractivity contribution in [1.29, 1.82) is 0 Å². The van der Waals surface area contributed by atoms with Crippen molar-refractivity contribution in [3.05, 3.63) is 70.8 Å². The number of carboxylic acid groups (broad SMARTS) is 1. The second-order valence-corrected chi connectivity index (χ2v) is 10.7. The lowest BCUT2D eigenvalue weighted by atomic mass is 9.81. The van der Waals surface area contributed by atoms with E-state index in [1.807, 2.05) is 52.8 Å². The highest BCUT2D eigenvalue weighted by Gasteiger charge is 2.41. The molecular weight excluding hydrogens is 484 g/mol. The van der Waals surface area contributed by atoms with E-state index in [-0.39, 0.29) is 17.6 Å². The fraction of sp³-hybridized carbons (Fsp3) is 0.433. The second kappa shape index (κ2) is 10.5. The number of ether oxygens (including phenoxy) is 2. The Balaban J connectivity index is 1.69. The van der Waals surface area contributed by atoms with Crippen molar-refractivity contribution >= 4 is 23.5 Å². The number of carboxylic acids is 1. The molecule has 2 aliphatic rings. The van der Waals surface area contributed by atoms with E-state index in [2.05, 4.69) is 0 Å². The van der Waals surface area contributed by atoms with E-state index in [1.165, 1.54) is 0 Å². The number of hydrogen-bond acceptors (Lipinski definition) is 5. The molecular formula is C30H36N2O6. The summed E-state index contributed by atoms with van der Waals surface area (Å²) in [6, 6.07) is 12.3. The summed E-state index contributed by atoms with van der Waals surface area (Å²) in [5.74, 6) is -0.586. The molecule has 8 heteroatoms. The monoisotopic (exact) mass is 520 g/mol. The lowest BCUT2D eigenvalue weighted by molar-refractivity contribution is -0.00127. The lowest BCUT2D eigenvalue weighted by Crippen LogP contribution is -2.50. The molecule has 0 bridgehead atoms. The van der Waals surface area contributed by atoms with Crippen LogP contribution in [0.3, 0.4) is 0 Å². The maximum atomic E-state index is 12.8. The summed E-state index contributed by atoms with van der Waals surface area (Å²) < 4.78 is 12.0. The molecule has 1 fully saturated rings. The minimum atomic E-state index is -1.04. The van der Waals surface area contributed by atoms with Gasteiger partial charge in [-0.1, -0.05) is 18.2 Å². The zero-order chi connectivity index (χ0) is 27.7. The average molecular weight is 521 g/mol. The van der Waals surface area contributed by atoms with Gasteiger partial charge >= 0.3 is 12.1 Å². The average Bonchev–Trinajstić information content (AvgIpc) is 2.88. The summed E-state index contributed by atoms with van der Waals surface area (Å²) >= 11 is 0. The van der Waals surface area contributed by atoms with Gasteiger partial charge in [0, 0.05) is 50.1 Å². The highest BCUT2D eigenvalue weighted by molar-refractivity contribution is 6.00. The fourth-order valence-corrected chi connectivity index (χ4v) is 5.01. The number of carbonyl (C=O) groups is 3. The molecule has 1 N–H and O–H groups in total. The molecule has 0 radical (unpaired) electrons. The Bertz CT molecular complexity index is 1250. The zero-order valence-electron chi connectivity index (χ0n) is 22.7. The van der Waals surface area contributed by atoms with Gasteiger partial charge in [0.25, 0.3) is 5.91 Å². The number of carbonyl (C=O) groups excluding carboxylic acids is 2. The highest BCUT2D eigenvalue weighted by atomic mass is 16.6. The molecule has 0 atom stereocenters. The van der Waals surface area contributed by atoms with Crippen LogP contribution in [0.25, 0.3) is 5.57 Å². The standard InChI is InChI=1S/C30H36N2O6/c1-6-31(7-2)26(33)21-13-11-20(12-14-21)23-19-30(37-24-10-8-9-22(25(23)24)27(34)35)15-17-32(18-16-30)28(36)38-29(3,4)5/h8-14,19H,6-7,15-18H2,1-5H3,(H,34,35). The smallest absolute Gasteiger partial charge is 0.410 e. The Hall–Kier alpha value is -3.81. The third kappa shape index (κ3) is 5.54. The number of hydrogen-bond donors (Lipinski definition) is 1. The molecule has 2 aromatic rings. The molecule has 1 saturated heterocycles. The summed E-state index contributed by atoms with van der Waals surface area (Å²) in [6.07, 6.45) is 2.71. The maximum Gasteiger partial charge on any atom is 0.410 e. The van der Waals surface area contributed by atoms with Gasteiger partial charge in [0.15, 0.2) is 0 Å². The molecule has 2 aliphatic heterocycles. The molecule has 8 nitrogen and oxygen atoms in total. The van der Waals surface area contributed by atoms with Crippen LogP contribution >= 0.6 is 0 Å². The van der Waals surface area contributed by atoms with Crippen LogP contribution in [0.15, 0.2) is 48.5 Å². The quantitative estimate of drug-likeness (QED) is 0.562. The predicted octanol–water partition coefficient (Wildman–Crippen LogP) is 5.46. The van der Waals surface area contributed by atoms with Crippen LogP contribution in [-0.2, 0) is 4.74 Å². The van der Waals surface area contributed by atoms with Gasteiger partial charge in [-0.25, -0.2) is 9.59 Å².